The molecule has 3 rings (SSSR count). The van der Waals surface area contributed by atoms with Gasteiger partial charge in [0.2, 0.25) is 11.1 Å². The highest BCUT2D eigenvalue weighted by Crippen LogP contribution is 2.25. The molecule has 29 heavy (non-hydrogen) atoms. The van der Waals surface area contributed by atoms with E-state index in [-0.39, 0.29) is 29.3 Å². The van der Waals surface area contributed by atoms with Crippen molar-refractivity contribution >= 4 is 39.7 Å². The molecule has 0 saturated carbocycles. The number of aromatic amines is 1. The lowest BCUT2D eigenvalue weighted by molar-refractivity contribution is -0.131. The molecule has 1 saturated heterocycles. The molecule has 10 heteroatoms. The Hall–Kier alpha value is -2.20. The van der Waals surface area contributed by atoms with Crippen LogP contribution in [0.5, 0.6) is 0 Å². The summed E-state index contributed by atoms with van der Waals surface area (Å²) in [6, 6.07) is 5.80. The quantitative estimate of drug-likeness (QED) is 0.668. The third-order valence-corrected chi connectivity index (χ3v) is 7.39. The molecule has 1 N–H and O–H groups in total. The maximum Gasteiger partial charge on any atom is 0.236 e. The van der Waals surface area contributed by atoms with E-state index in [1.807, 2.05) is 6.92 Å². The van der Waals surface area contributed by atoms with Gasteiger partial charge in [0.15, 0.2) is 9.84 Å². The Balaban J connectivity index is 1.60. The van der Waals surface area contributed by atoms with Crippen molar-refractivity contribution in [2.45, 2.75) is 36.7 Å². The predicted molar refractivity (Wildman–Crippen MR) is 111 cm³/mol. The Kier molecular flexibility index (Phi) is 6.74. The van der Waals surface area contributed by atoms with Crippen LogP contribution in [0.4, 0.5) is 4.39 Å². The third kappa shape index (κ3) is 5.66. The molecule has 1 aliphatic heterocycles. The third-order valence-electron chi connectivity index (χ3n) is 4.69. The van der Waals surface area contributed by atoms with E-state index in [0.717, 1.165) is 5.56 Å². The van der Waals surface area contributed by atoms with Gasteiger partial charge in [0, 0.05) is 12.6 Å². The first-order valence-electron chi connectivity index (χ1n) is 9.31. The van der Waals surface area contributed by atoms with Gasteiger partial charge in [-0.1, -0.05) is 30.0 Å². The number of benzene rings is 1. The number of thioether (sulfide) groups is 1. The summed E-state index contributed by atoms with van der Waals surface area (Å²) in [7, 11) is -3.06. The summed E-state index contributed by atoms with van der Waals surface area (Å²) in [6.45, 7) is 4.08. The van der Waals surface area contributed by atoms with Crippen molar-refractivity contribution in [2.75, 3.05) is 18.1 Å². The van der Waals surface area contributed by atoms with Gasteiger partial charge in [-0.2, -0.15) is 0 Å². The number of sulfone groups is 1. The molecule has 1 aliphatic rings. The molecule has 156 valence electrons. The van der Waals surface area contributed by atoms with Crippen LogP contribution in [0, 0.1) is 5.82 Å². The average molecular weight is 439 g/mol. The number of nitrogens with zero attached hydrogens (tertiary/aromatic N) is 3. The number of nitrogens with one attached hydrogen (secondary N) is 1. The van der Waals surface area contributed by atoms with E-state index in [2.05, 4.69) is 15.2 Å². The Morgan fingerprint density at radius 3 is 2.72 bits per heavy atom. The van der Waals surface area contributed by atoms with E-state index in [4.69, 9.17) is 0 Å². The topological polar surface area (TPSA) is 96.0 Å². The number of hydrogen-bond donors (Lipinski definition) is 1. The minimum absolute atomic E-state index is 0.0307. The van der Waals surface area contributed by atoms with Crippen molar-refractivity contribution in [3.63, 3.8) is 0 Å². The Morgan fingerprint density at radius 1 is 1.38 bits per heavy atom. The highest BCUT2D eigenvalue weighted by atomic mass is 32.2. The standard InChI is InChI=1S/C19H23FN4O3S2/c1-3-24(16-10-11-29(26,27)12-16)18(25)13(2)28-19-21-17(22-23-19)9-6-14-4-7-15(20)8-5-14/h4-9,13,16H,3,10-12H2,1-2H3,(H,21,22,23). The van der Waals surface area contributed by atoms with Gasteiger partial charge in [0.05, 0.1) is 16.8 Å². The number of amides is 1. The zero-order chi connectivity index (χ0) is 21.0. The van der Waals surface area contributed by atoms with Crippen LogP contribution >= 0.6 is 11.8 Å². The van der Waals surface area contributed by atoms with E-state index in [0.29, 0.717) is 23.9 Å². The summed E-state index contributed by atoms with van der Waals surface area (Å²) < 4.78 is 36.4. The van der Waals surface area contributed by atoms with Crippen LogP contribution in [0.25, 0.3) is 12.2 Å². The summed E-state index contributed by atoms with van der Waals surface area (Å²) in [5, 5.41) is 6.90. The molecule has 0 spiro atoms. The number of halogens is 1. The first-order valence-corrected chi connectivity index (χ1v) is 12.0. The zero-order valence-corrected chi connectivity index (χ0v) is 17.8. The van der Waals surface area contributed by atoms with Gasteiger partial charge in [-0.15, -0.1) is 5.10 Å². The molecular weight excluding hydrogens is 415 g/mol. The van der Waals surface area contributed by atoms with E-state index in [1.165, 1.54) is 23.9 Å². The van der Waals surface area contributed by atoms with Gasteiger partial charge in [-0.25, -0.2) is 17.8 Å². The van der Waals surface area contributed by atoms with E-state index in [1.54, 1.807) is 36.1 Å². The van der Waals surface area contributed by atoms with Crippen LogP contribution in [0.2, 0.25) is 0 Å². The smallest absolute Gasteiger partial charge is 0.236 e. The lowest BCUT2D eigenvalue weighted by atomic mass is 10.2. The summed E-state index contributed by atoms with van der Waals surface area (Å²) in [4.78, 5) is 18.8. The second-order valence-electron chi connectivity index (χ2n) is 6.83. The molecule has 0 bridgehead atoms. The Bertz CT molecular complexity index is 989. The number of aromatic nitrogens is 3. The maximum atomic E-state index is 12.9. The van der Waals surface area contributed by atoms with Crippen LogP contribution in [-0.4, -0.2) is 63.7 Å². The molecule has 1 aromatic carbocycles. The predicted octanol–water partition coefficient (Wildman–Crippen LogP) is 2.63. The molecule has 1 amide bonds. The van der Waals surface area contributed by atoms with E-state index < -0.39 is 15.1 Å². The number of carbonyl (C=O) groups excluding carboxylic acids is 1. The fourth-order valence-corrected chi connectivity index (χ4v) is 5.72. The van der Waals surface area contributed by atoms with E-state index >= 15 is 0 Å². The summed E-state index contributed by atoms with van der Waals surface area (Å²) in [5.74, 6) is 0.269. The van der Waals surface area contributed by atoms with Gasteiger partial charge >= 0.3 is 0 Å². The van der Waals surface area contributed by atoms with Gasteiger partial charge in [0.1, 0.15) is 11.6 Å². The van der Waals surface area contributed by atoms with Gasteiger partial charge in [-0.3, -0.25) is 9.89 Å². The van der Waals surface area contributed by atoms with Crippen molar-refractivity contribution < 1.29 is 17.6 Å². The van der Waals surface area contributed by atoms with Crippen LogP contribution in [0.15, 0.2) is 29.4 Å². The minimum atomic E-state index is -3.06. The fraction of sp³-hybridized carbons (Fsp3) is 0.421. The first kappa shape index (κ1) is 21.5. The van der Waals surface area contributed by atoms with Gasteiger partial charge in [-0.05, 0) is 44.0 Å². The van der Waals surface area contributed by atoms with Crippen molar-refractivity contribution in [3.05, 3.63) is 41.5 Å². The molecule has 0 radical (unpaired) electrons. The summed E-state index contributed by atoms with van der Waals surface area (Å²) in [5.41, 5.74) is 0.825. The molecule has 2 aromatic rings. The molecule has 1 fully saturated rings. The molecule has 7 nitrogen and oxygen atoms in total. The molecule has 2 heterocycles. The number of hydrogen-bond acceptors (Lipinski definition) is 6. The minimum Gasteiger partial charge on any atom is -0.338 e. The van der Waals surface area contributed by atoms with Crippen molar-refractivity contribution in [1.82, 2.24) is 20.1 Å². The van der Waals surface area contributed by atoms with Gasteiger partial charge < -0.3 is 4.90 Å². The lowest BCUT2D eigenvalue weighted by Crippen LogP contribution is -2.44. The second kappa shape index (κ2) is 9.08. The average Bonchev–Trinajstić information content (AvgIpc) is 3.27. The number of H-pyrrole nitrogens is 1. The normalized spacial score (nSPS) is 19.5. The van der Waals surface area contributed by atoms with E-state index in [9.17, 15) is 17.6 Å². The summed E-state index contributed by atoms with van der Waals surface area (Å²) in [6.07, 6.45) is 3.99. The van der Waals surface area contributed by atoms with Crippen LogP contribution < -0.4 is 0 Å². The lowest BCUT2D eigenvalue weighted by Gasteiger charge is -2.29. The number of rotatable bonds is 7. The van der Waals surface area contributed by atoms with Crippen LogP contribution in [0.1, 0.15) is 31.7 Å². The van der Waals surface area contributed by atoms with Crippen molar-refractivity contribution in [1.29, 1.82) is 0 Å². The monoisotopic (exact) mass is 438 g/mol. The highest BCUT2D eigenvalue weighted by molar-refractivity contribution is 8.00. The highest BCUT2D eigenvalue weighted by Gasteiger charge is 2.35. The molecule has 2 unspecified atom stereocenters. The van der Waals surface area contributed by atoms with Gasteiger partial charge in [0.25, 0.3) is 0 Å². The molecule has 0 aliphatic carbocycles. The maximum absolute atomic E-state index is 12.9. The zero-order valence-electron chi connectivity index (χ0n) is 16.2. The Labute approximate surface area is 173 Å². The summed E-state index contributed by atoms with van der Waals surface area (Å²) >= 11 is 1.22. The van der Waals surface area contributed by atoms with Crippen LogP contribution in [-0.2, 0) is 14.6 Å². The Morgan fingerprint density at radius 2 is 2.10 bits per heavy atom. The number of carbonyl (C=O) groups is 1. The van der Waals surface area contributed by atoms with Crippen molar-refractivity contribution in [2.24, 2.45) is 0 Å². The molecule has 2 atom stereocenters. The molecular formula is C19H23FN4O3S2. The second-order valence-corrected chi connectivity index (χ2v) is 10.4. The fourth-order valence-electron chi connectivity index (χ4n) is 3.19. The van der Waals surface area contributed by atoms with Crippen LogP contribution in [0.3, 0.4) is 0 Å². The first-order chi connectivity index (χ1) is 13.8. The van der Waals surface area contributed by atoms with Crippen molar-refractivity contribution in [3.8, 4) is 0 Å². The molecule has 1 aromatic heterocycles. The SMILES string of the molecule is CCN(C(=O)C(C)Sc1n[nH]c(C=Cc2ccc(F)cc2)n1)C1CCS(=O)(=O)C1. The largest absolute Gasteiger partial charge is 0.338 e.